The predicted molar refractivity (Wildman–Crippen MR) is 78.5 cm³/mol. The molecule has 2 rings (SSSR count). The highest BCUT2D eigenvalue weighted by Crippen LogP contribution is 2.16. The minimum atomic E-state index is 0.853. The summed E-state index contributed by atoms with van der Waals surface area (Å²) < 4.78 is 1.07. The second-order valence-electron chi connectivity index (χ2n) is 5.03. The standard InChI is InChI=1S/C14H22BrN3/c1-2-18(10-12-3-5-16-6-4-12)11-13-7-14(15)9-17-8-13/h7-9,12,16H,2-6,10-11H2,1H3. The topological polar surface area (TPSA) is 28.2 Å². The summed E-state index contributed by atoms with van der Waals surface area (Å²) in [7, 11) is 0. The number of hydrogen-bond acceptors (Lipinski definition) is 3. The van der Waals surface area contributed by atoms with Gasteiger partial charge in [0.2, 0.25) is 0 Å². The molecule has 0 unspecified atom stereocenters. The lowest BCUT2D eigenvalue weighted by Crippen LogP contribution is -2.35. The minimum Gasteiger partial charge on any atom is -0.317 e. The van der Waals surface area contributed by atoms with Gasteiger partial charge in [-0.05, 0) is 66.0 Å². The van der Waals surface area contributed by atoms with Gasteiger partial charge in [0, 0.05) is 30.0 Å². The van der Waals surface area contributed by atoms with E-state index in [0.29, 0.717) is 0 Å². The molecule has 0 aliphatic carbocycles. The molecular formula is C14H22BrN3. The Morgan fingerprint density at radius 3 is 2.83 bits per heavy atom. The van der Waals surface area contributed by atoms with Crippen molar-refractivity contribution in [3.63, 3.8) is 0 Å². The number of halogens is 1. The predicted octanol–water partition coefficient (Wildman–Crippen LogP) is 2.67. The Labute approximate surface area is 118 Å². The SMILES string of the molecule is CCN(Cc1cncc(Br)c1)CC1CCNCC1. The maximum Gasteiger partial charge on any atom is 0.0410 e. The van der Waals surface area contributed by atoms with E-state index in [4.69, 9.17) is 0 Å². The highest BCUT2D eigenvalue weighted by Gasteiger charge is 2.16. The van der Waals surface area contributed by atoms with Crippen molar-refractivity contribution in [2.75, 3.05) is 26.2 Å². The summed E-state index contributed by atoms with van der Waals surface area (Å²) in [4.78, 5) is 6.76. The van der Waals surface area contributed by atoms with Crippen LogP contribution in [0.15, 0.2) is 22.9 Å². The van der Waals surface area contributed by atoms with Crippen LogP contribution in [0, 0.1) is 5.92 Å². The van der Waals surface area contributed by atoms with Crippen LogP contribution in [0.2, 0.25) is 0 Å². The number of nitrogens with zero attached hydrogens (tertiary/aromatic N) is 2. The van der Waals surface area contributed by atoms with E-state index in [-0.39, 0.29) is 0 Å². The molecule has 1 aromatic rings. The van der Waals surface area contributed by atoms with Gasteiger partial charge in [-0.15, -0.1) is 0 Å². The van der Waals surface area contributed by atoms with E-state index < -0.39 is 0 Å². The largest absolute Gasteiger partial charge is 0.317 e. The summed E-state index contributed by atoms with van der Waals surface area (Å²) in [6.07, 6.45) is 6.43. The highest BCUT2D eigenvalue weighted by molar-refractivity contribution is 9.10. The van der Waals surface area contributed by atoms with E-state index >= 15 is 0 Å². The number of hydrogen-bond donors (Lipinski definition) is 1. The summed E-state index contributed by atoms with van der Waals surface area (Å²) in [6.45, 7) is 7.93. The van der Waals surface area contributed by atoms with E-state index in [1.54, 1.807) is 0 Å². The van der Waals surface area contributed by atoms with Crippen LogP contribution in [0.25, 0.3) is 0 Å². The van der Waals surface area contributed by atoms with Gasteiger partial charge in [-0.2, -0.15) is 0 Å². The van der Waals surface area contributed by atoms with Crippen LogP contribution in [0.3, 0.4) is 0 Å². The first kappa shape index (κ1) is 14.0. The molecule has 0 spiro atoms. The fourth-order valence-electron chi connectivity index (χ4n) is 2.54. The van der Waals surface area contributed by atoms with Crippen molar-refractivity contribution in [2.45, 2.75) is 26.3 Å². The van der Waals surface area contributed by atoms with Gasteiger partial charge in [-0.25, -0.2) is 0 Å². The summed E-state index contributed by atoms with van der Waals surface area (Å²) in [6, 6.07) is 2.16. The zero-order valence-electron chi connectivity index (χ0n) is 11.0. The molecule has 0 amide bonds. The molecule has 18 heavy (non-hydrogen) atoms. The minimum absolute atomic E-state index is 0.853. The second-order valence-corrected chi connectivity index (χ2v) is 5.95. The van der Waals surface area contributed by atoms with Crippen LogP contribution in [0.4, 0.5) is 0 Å². The maximum absolute atomic E-state index is 4.23. The molecule has 4 heteroatoms. The smallest absolute Gasteiger partial charge is 0.0410 e. The fourth-order valence-corrected chi connectivity index (χ4v) is 2.95. The Morgan fingerprint density at radius 1 is 1.39 bits per heavy atom. The van der Waals surface area contributed by atoms with E-state index in [1.807, 2.05) is 12.4 Å². The lowest BCUT2D eigenvalue weighted by Gasteiger charge is -2.29. The van der Waals surface area contributed by atoms with Gasteiger partial charge in [0.1, 0.15) is 0 Å². The quantitative estimate of drug-likeness (QED) is 0.906. The van der Waals surface area contributed by atoms with E-state index in [9.17, 15) is 0 Å². The van der Waals surface area contributed by atoms with E-state index in [2.05, 4.69) is 44.1 Å². The third kappa shape index (κ3) is 4.34. The molecule has 1 aliphatic rings. The molecule has 1 saturated heterocycles. The number of piperidine rings is 1. The molecule has 0 bridgehead atoms. The molecule has 0 aromatic carbocycles. The van der Waals surface area contributed by atoms with Crippen molar-refractivity contribution in [3.8, 4) is 0 Å². The molecule has 3 nitrogen and oxygen atoms in total. The summed E-state index contributed by atoms with van der Waals surface area (Å²) in [5, 5.41) is 3.43. The lowest BCUT2D eigenvalue weighted by atomic mass is 9.97. The average molecular weight is 312 g/mol. The first-order valence-corrected chi connectivity index (χ1v) is 7.59. The van der Waals surface area contributed by atoms with Gasteiger partial charge >= 0.3 is 0 Å². The molecule has 1 N–H and O–H groups in total. The average Bonchev–Trinajstić information content (AvgIpc) is 2.39. The molecule has 0 atom stereocenters. The third-order valence-electron chi connectivity index (χ3n) is 3.59. The molecule has 100 valence electrons. The van der Waals surface area contributed by atoms with Gasteiger partial charge in [0.05, 0.1) is 0 Å². The van der Waals surface area contributed by atoms with Crippen LogP contribution >= 0.6 is 15.9 Å². The van der Waals surface area contributed by atoms with Crippen LogP contribution in [0.5, 0.6) is 0 Å². The van der Waals surface area contributed by atoms with Crippen molar-refractivity contribution in [2.24, 2.45) is 5.92 Å². The van der Waals surface area contributed by atoms with Crippen LogP contribution in [-0.4, -0.2) is 36.1 Å². The van der Waals surface area contributed by atoms with Gasteiger partial charge in [-0.3, -0.25) is 9.88 Å². The molecule has 0 radical (unpaired) electrons. The Balaban J connectivity index is 1.88. The van der Waals surface area contributed by atoms with Crippen LogP contribution in [0.1, 0.15) is 25.3 Å². The van der Waals surface area contributed by atoms with Gasteiger partial charge in [0.25, 0.3) is 0 Å². The van der Waals surface area contributed by atoms with Gasteiger partial charge in [-0.1, -0.05) is 6.92 Å². The van der Waals surface area contributed by atoms with Gasteiger partial charge < -0.3 is 5.32 Å². The van der Waals surface area contributed by atoms with Crippen molar-refractivity contribution >= 4 is 15.9 Å². The summed E-state index contributed by atoms with van der Waals surface area (Å²) >= 11 is 3.48. The molecule has 0 saturated carbocycles. The number of pyridine rings is 1. The Morgan fingerprint density at radius 2 is 2.17 bits per heavy atom. The molecular weight excluding hydrogens is 290 g/mol. The Bertz CT molecular complexity index is 364. The summed E-state index contributed by atoms with van der Waals surface area (Å²) in [5.74, 6) is 0.853. The number of aromatic nitrogens is 1. The highest BCUT2D eigenvalue weighted by atomic mass is 79.9. The van der Waals surface area contributed by atoms with Crippen molar-refractivity contribution < 1.29 is 0 Å². The molecule has 1 aromatic heterocycles. The number of rotatable bonds is 5. The van der Waals surface area contributed by atoms with Gasteiger partial charge in [0.15, 0.2) is 0 Å². The lowest BCUT2D eigenvalue weighted by molar-refractivity contribution is 0.207. The van der Waals surface area contributed by atoms with Crippen molar-refractivity contribution in [1.29, 1.82) is 0 Å². The fraction of sp³-hybridized carbons (Fsp3) is 0.643. The third-order valence-corrected chi connectivity index (χ3v) is 4.02. The zero-order valence-corrected chi connectivity index (χ0v) is 12.6. The Hall–Kier alpha value is -0.450. The zero-order chi connectivity index (χ0) is 12.8. The van der Waals surface area contributed by atoms with Crippen molar-refractivity contribution in [3.05, 3.63) is 28.5 Å². The maximum atomic E-state index is 4.23. The van der Waals surface area contributed by atoms with Crippen molar-refractivity contribution in [1.82, 2.24) is 15.2 Å². The molecule has 1 aliphatic heterocycles. The second kappa shape index (κ2) is 7.22. The first-order chi connectivity index (χ1) is 8.78. The monoisotopic (exact) mass is 311 g/mol. The summed E-state index contributed by atoms with van der Waals surface area (Å²) in [5.41, 5.74) is 1.29. The Kier molecular flexibility index (Phi) is 5.60. The first-order valence-electron chi connectivity index (χ1n) is 6.80. The van der Waals surface area contributed by atoms with E-state index in [1.165, 1.54) is 38.0 Å². The van der Waals surface area contributed by atoms with Crippen LogP contribution < -0.4 is 5.32 Å². The molecule has 2 heterocycles. The molecule has 1 fully saturated rings. The van der Waals surface area contributed by atoms with Crippen LogP contribution in [-0.2, 0) is 6.54 Å². The number of nitrogens with one attached hydrogen (secondary N) is 1. The normalized spacial score (nSPS) is 17.3. The van der Waals surface area contributed by atoms with E-state index in [0.717, 1.165) is 23.5 Å².